The minimum atomic E-state index is -0.603. The van der Waals surface area contributed by atoms with E-state index in [9.17, 15) is 33.6 Å². The Morgan fingerprint density at radius 1 is 0.527 bits per heavy atom. The van der Waals surface area contributed by atoms with Crippen LogP contribution in [0.25, 0.3) is 5.03 Å². The monoisotopic (exact) mass is 1090 g/mol. The number of carbonyl (C=O) groups is 7. The Morgan fingerprint density at radius 3 is 1.46 bits per heavy atom. The van der Waals surface area contributed by atoms with Gasteiger partial charge in [0.1, 0.15) is 19.0 Å². The average molecular weight is 1090 g/mol. The molecule has 0 unspecified atom stereocenters. The summed E-state index contributed by atoms with van der Waals surface area (Å²) in [6.07, 6.45) is -2.26. The second-order valence-corrected chi connectivity index (χ2v) is 15.9. The molecule has 0 saturated carbocycles. The van der Waals surface area contributed by atoms with Crippen molar-refractivity contribution in [2.75, 3.05) is 55.8 Å². The normalized spacial score (nSPS) is 9.74. The zero-order valence-electron chi connectivity index (χ0n) is 40.5. The van der Waals surface area contributed by atoms with Gasteiger partial charge in [-0.3, -0.25) is 35.2 Å². The number of anilines is 4. The van der Waals surface area contributed by atoms with Crippen LogP contribution in [0.15, 0.2) is 152 Å². The zero-order chi connectivity index (χ0) is 54.6. The predicted molar refractivity (Wildman–Crippen MR) is 286 cm³/mol. The fourth-order valence-electron chi connectivity index (χ4n) is 5.82. The fraction of sp³-hybridized carbons (Fsp3) is 0.151. The highest BCUT2D eigenvalue weighted by atomic mass is 35.5. The Kier molecular flexibility index (Phi) is 26.1. The molecule has 74 heavy (non-hydrogen) atoms. The van der Waals surface area contributed by atoms with Crippen LogP contribution in [0, 0.1) is 0 Å². The first-order valence-electron chi connectivity index (χ1n) is 21.6. The minimum absolute atomic E-state index is 0.167. The average Bonchev–Trinajstić information content (AvgIpc) is 3.40. The van der Waals surface area contributed by atoms with E-state index in [1.54, 1.807) is 86.8 Å². The Labute approximate surface area is 447 Å². The Morgan fingerprint density at radius 2 is 1.00 bits per heavy atom. The van der Waals surface area contributed by atoms with Gasteiger partial charge < -0.3 is 28.4 Å². The van der Waals surface area contributed by atoms with Crippen LogP contribution >= 0.6 is 46.4 Å². The number of methoxy groups -OCH3 is 3. The molecule has 3 N–H and O–H groups in total. The van der Waals surface area contributed by atoms with Crippen molar-refractivity contribution < 1.29 is 62.0 Å². The van der Waals surface area contributed by atoms with Crippen LogP contribution in [0.2, 0.25) is 0 Å². The van der Waals surface area contributed by atoms with Crippen molar-refractivity contribution >= 4 is 114 Å². The maximum absolute atomic E-state index is 12.0. The van der Waals surface area contributed by atoms with Gasteiger partial charge in [-0.1, -0.05) is 97.0 Å². The molecule has 388 valence electrons. The highest BCUT2D eigenvalue weighted by Crippen LogP contribution is 2.41. The van der Waals surface area contributed by atoms with E-state index in [1.807, 2.05) is 60.7 Å². The van der Waals surface area contributed by atoms with Gasteiger partial charge in [0.05, 0.1) is 39.2 Å². The molecule has 4 amide bonds. The van der Waals surface area contributed by atoms with Gasteiger partial charge in [-0.15, -0.1) is 0 Å². The lowest BCUT2D eigenvalue weighted by Crippen LogP contribution is -2.27. The molecule has 0 saturated heterocycles. The number of hydrogen-bond acceptors (Lipinski definition) is 13. The van der Waals surface area contributed by atoms with Crippen LogP contribution in [0.1, 0.15) is 54.7 Å². The van der Waals surface area contributed by atoms with Gasteiger partial charge in [-0.2, -0.15) is 0 Å². The van der Waals surface area contributed by atoms with Crippen molar-refractivity contribution in [3.8, 4) is 11.5 Å². The summed E-state index contributed by atoms with van der Waals surface area (Å²) < 4.78 is 30.1. The van der Waals surface area contributed by atoms with Crippen molar-refractivity contribution in [1.29, 1.82) is 0 Å². The standard InChI is InChI=1S/C18H18ClNO4.C16H14ClNO3.C10H10ClNO3.C9H8ClNO3/c1-12(19)16-15(22-2)10-9-14(17(16)23-3)20-18(21)24-11-13-7-5-4-6-8-13;1-18(14-9-5-8-13(10-14)15(17)19)16(20)21-11-12-6-3-2-4-7-12;1-2-15-10(14)12-8-5-3-4-7(6-8)9(11)13;1-14-9(13)11-7-4-2-3-6(5-7)8(10)12/h4-10H,1,11H2,2-3H3,(H,20,21);2-10H,11H2,1H3;3-6H,2H2,1H3,(H,12,14);2-5H,1H3,(H,11,13). The van der Waals surface area contributed by atoms with Gasteiger partial charge >= 0.3 is 24.4 Å². The third-order valence-electron chi connectivity index (χ3n) is 9.34. The molecule has 0 fully saturated rings. The maximum Gasteiger partial charge on any atom is 0.414 e. The number of halogens is 4. The first-order chi connectivity index (χ1) is 35.4. The summed E-state index contributed by atoms with van der Waals surface area (Å²) in [7, 11) is 5.81. The maximum atomic E-state index is 12.0. The van der Waals surface area contributed by atoms with Gasteiger partial charge in [0.15, 0.2) is 5.75 Å². The van der Waals surface area contributed by atoms with E-state index in [4.69, 9.17) is 65.4 Å². The third-order valence-corrected chi connectivity index (χ3v) is 10.2. The van der Waals surface area contributed by atoms with Gasteiger partial charge in [0, 0.05) is 45.8 Å². The molecule has 0 radical (unpaired) electrons. The molecule has 0 aromatic heterocycles. The second kappa shape index (κ2) is 32.1. The summed E-state index contributed by atoms with van der Waals surface area (Å²) in [5.74, 6) is 0.848. The van der Waals surface area contributed by atoms with E-state index in [1.165, 1.54) is 38.4 Å². The Bertz CT molecular complexity index is 2870. The number of rotatable bonds is 15. The van der Waals surface area contributed by atoms with Crippen LogP contribution in [0.5, 0.6) is 11.5 Å². The second-order valence-electron chi connectivity index (χ2n) is 14.4. The van der Waals surface area contributed by atoms with Crippen LogP contribution in [0.4, 0.5) is 41.9 Å². The fourth-order valence-corrected chi connectivity index (χ4v) is 6.35. The number of nitrogens with zero attached hydrogens (tertiary/aromatic N) is 1. The highest BCUT2D eigenvalue weighted by Gasteiger charge is 2.19. The summed E-state index contributed by atoms with van der Waals surface area (Å²) in [5.41, 5.74) is 5.13. The van der Waals surface area contributed by atoms with Crippen LogP contribution in [0.3, 0.4) is 0 Å². The lowest BCUT2D eigenvalue weighted by Gasteiger charge is -2.17. The van der Waals surface area contributed by atoms with E-state index < -0.39 is 40.1 Å². The van der Waals surface area contributed by atoms with E-state index in [0.717, 1.165) is 11.1 Å². The minimum Gasteiger partial charge on any atom is -0.496 e. The van der Waals surface area contributed by atoms with Gasteiger partial charge in [-0.05, 0) is 120 Å². The largest absolute Gasteiger partial charge is 0.496 e. The van der Waals surface area contributed by atoms with E-state index >= 15 is 0 Å². The molecule has 0 spiro atoms. The van der Waals surface area contributed by atoms with E-state index in [0.29, 0.717) is 63.1 Å². The molecule has 0 aliphatic carbocycles. The van der Waals surface area contributed by atoms with E-state index in [2.05, 4.69) is 32.0 Å². The number of nitrogens with one attached hydrogen (secondary N) is 3. The SMILES string of the molecule is C=C(Cl)c1c(OC)ccc(NC(=O)OCc2ccccc2)c1OC.CCOC(=O)Nc1cccc(C(=O)Cl)c1.CN(C(=O)OCc1ccccc1)c1cccc(C(=O)Cl)c1.COC(=O)Nc1cccc(C(=O)Cl)c1. The van der Waals surface area contributed by atoms with Crippen molar-refractivity contribution in [1.82, 2.24) is 0 Å². The molecule has 17 nitrogen and oxygen atoms in total. The Hall–Kier alpha value is -8.09. The van der Waals surface area contributed by atoms with Crippen molar-refractivity contribution in [2.45, 2.75) is 20.1 Å². The molecular formula is C53H50Cl4N4O13. The quantitative estimate of drug-likeness (QED) is 0.0645. The Balaban J connectivity index is 0.000000267. The van der Waals surface area contributed by atoms with E-state index in [-0.39, 0.29) is 18.2 Å². The van der Waals surface area contributed by atoms with Crippen LogP contribution in [-0.2, 0) is 32.2 Å². The molecular weight excluding hydrogens is 1040 g/mol. The van der Waals surface area contributed by atoms with Crippen molar-refractivity contribution in [3.63, 3.8) is 0 Å². The summed E-state index contributed by atoms with van der Waals surface area (Å²) in [4.78, 5) is 79.9. The molecule has 6 aromatic rings. The molecule has 0 aliphatic heterocycles. The smallest absolute Gasteiger partial charge is 0.414 e. The lowest BCUT2D eigenvalue weighted by atomic mass is 10.1. The van der Waals surface area contributed by atoms with Crippen molar-refractivity contribution in [3.05, 3.63) is 186 Å². The van der Waals surface area contributed by atoms with Crippen LogP contribution < -0.4 is 30.3 Å². The molecule has 0 heterocycles. The molecule has 6 aromatic carbocycles. The first-order valence-corrected chi connectivity index (χ1v) is 23.1. The number of carbonyl (C=O) groups excluding carboxylic acids is 7. The van der Waals surface area contributed by atoms with Crippen LogP contribution in [-0.4, -0.2) is 75.1 Å². The topological polar surface area (TPSA) is 214 Å². The molecule has 21 heteroatoms. The first kappa shape index (κ1) is 60.2. The van der Waals surface area contributed by atoms with Crippen molar-refractivity contribution in [2.24, 2.45) is 0 Å². The molecule has 0 bridgehead atoms. The zero-order valence-corrected chi connectivity index (χ0v) is 43.5. The summed E-state index contributed by atoms with van der Waals surface area (Å²) in [6.45, 7) is 6.06. The highest BCUT2D eigenvalue weighted by molar-refractivity contribution is 6.68. The molecule has 6 rings (SSSR count). The number of benzene rings is 6. The van der Waals surface area contributed by atoms with Gasteiger partial charge in [0.25, 0.3) is 15.7 Å². The van der Waals surface area contributed by atoms with Gasteiger partial charge in [0.2, 0.25) is 0 Å². The summed E-state index contributed by atoms with van der Waals surface area (Å²) in [5, 5.41) is 6.05. The summed E-state index contributed by atoms with van der Waals surface area (Å²) >= 11 is 22.0. The number of amides is 4. The third kappa shape index (κ3) is 20.9. The summed E-state index contributed by atoms with van der Waals surface area (Å²) in [6, 6.07) is 41.1. The molecule has 0 aliphatic rings. The van der Waals surface area contributed by atoms with Gasteiger partial charge in [-0.25, -0.2) is 19.2 Å². The number of hydrogen-bond donors (Lipinski definition) is 3. The molecule has 0 atom stereocenters. The number of ether oxygens (including phenoxy) is 6. The predicted octanol–water partition coefficient (Wildman–Crippen LogP) is 13.4. The lowest BCUT2D eigenvalue weighted by molar-refractivity contribution is 0.107.